The summed E-state index contributed by atoms with van der Waals surface area (Å²) in [5.74, 6) is -0.239. The third-order valence-electron chi connectivity index (χ3n) is 2.57. The van der Waals surface area contributed by atoms with E-state index in [0.717, 1.165) is 0 Å². The van der Waals surface area contributed by atoms with E-state index in [1.807, 2.05) is 6.07 Å². The van der Waals surface area contributed by atoms with E-state index in [9.17, 15) is 4.79 Å². The van der Waals surface area contributed by atoms with Crippen LogP contribution in [0.5, 0.6) is 0 Å². The quantitative estimate of drug-likeness (QED) is 0.654. The number of hydrogen-bond acceptors (Lipinski definition) is 3. The molecule has 92 valence electrons. The lowest BCUT2D eigenvalue weighted by Gasteiger charge is -2.10. The maximum atomic E-state index is 12.2. The number of benzene rings is 2. The summed E-state index contributed by atoms with van der Waals surface area (Å²) in [6.45, 7) is 0. The van der Waals surface area contributed by atoms with Crippen LogP contribution in [0.4, 0.5) is 11.4 Å². The molecular weight excluding hydrogens is 271 g/mol. The Hall–Kier alpha value is -1.71. The molecule has 0 fully saturated rings. The van der Waals surface area contributed by atoms with Gasteiger partial charge in [0.2, 0.25) is 0 Å². The van der Waals surface area contributed by atoms with Crippen molar-refractivity contribution in [1.82, 2.24) is 0 Å². The number of halogens is 2. The van der Waals surface area contributed by atoms with Crippen molar-refractivity contribution in [2.45, 2.75) is 0 Å². The molecule has 0 aliphatic heterocycles. The molecule has 4 N–H and O–H groups in total. The molecule has 5 heteroatoms. The van der Waals surface area contributed by atoms with Gasteiger partial charge in [-0.25, -0.2) is 0 Å². The van der Waals surface area contributed by atoms with Gasteiger partial charge < -0.3 is 11.5 Å². The first-order chi connectivity index (χ1) is 8.52. The van der Waals surface area contributed by atoms with Crippen molar-refractivity contribution in [1.29, 1.82) is 0 Å². The summed E-state index contributed by atoms with van der Waals surface area (Å²) in [6.07, 6.45) is 0. The number of carbonyl (C=O) groups is 1. The Morgan fingerprint density at radius 3 is 2.22 bits per heavy atom. The molecule has 3 nitrogen and oxygen atoms in total. The molecule has 0 bridgehead atoms. The fourth-order valence-electron chi connectivity index (χ4n) is 1.58. The Balaban J connectivity index is 2.56. The van der Waals surface area contributed by atoms with Crippen molar-refractivity contribution in [3.63, 3.8) is 0 Å². The maximum Gasteiger partial charge on any atom is 0.195 e. The smallest absolute Gasteiger partial charge is 0.195 e. The largest absolute Gasteiger partial charge is 0.397 e. The first-order valence-electron chi connectivity index (χ1n) is 5.15. The van der Waals surface area contributed by atoms with Gasteiger partial charge in [-0.2, -0.15) is 0 Å². The predicted molar refractivity (Wildman–Crippen MR) is 75.2 cm³/mol. The SMILES string of the molecule is Nc1c(Cl)cc(C(=O)c2ccccc2)c(N)c1Cl. The van der Waals surface area contributed by atoms with E-state index in [0.29, 0.717) is 5.56 Å². The molecule has 0 aliphatic carbocycles. The van der Waals surface area contributed by atoms with Crippen molar-refractivity contribution < 1.29 is 4.79 Å². The third kappa shape index (κ3) is 2.15. The summed E-state index contributed by atoms with van der Waals surface area (Å²) < 4.78 is 0. The number of ketones is 1. The zero-order chi connectivity index (χ0) is 13.3. The number of hydrogen-bond donors (Lipinski definition) is 2. The Morgan fingerprint density at radius 2 is 1.61 bits per heavy atom. The topological polar surface area (TPSA) is 69.1 Å². The van der Waals surface area contributed by atoms with Crippen molar-refractivity contribution in [3.8, 4) is 0 Å². The van der Waals surface area contributed by atoms with E-state index in [1.54, 1.807) is 24.3 Å². The Labute approximate surface area is 114 Å². The summed E-state index contributed by atoms with van der Waals surface area (Å²) in [5.41, 5.74) is 12.5. The minimum absolute atomic E-state index is 0.113. The second-order valence-electron chi connectivity index (χ2n) is 3.74. The zero-order valence-electron chi connectivity index (χ0n) is 9.28. The molecule has 0 spiro atoms. The van der Waals surface area contributed by atoms with Crippen LogP contribution in [0, 0.1) is 0 Å². The zero-order valence-corrected chi connectivity index (χ0v) is 10.8. The van der Waals surface area contributed by atoms with Gasteiger partial charge in [-0.3, -0.25) is 4.79 Å². The van der Waals surface area contributed by atoms with Gasteiger partial charge in [-0.15, -0.1) is 0 Å². The van der Waals surface area contributed by atoms with Gasteiger partial charge in [0.05, 0.1) is 21.4 Å². The van der Waals surface area contributed by atoms with Crippen LogP contribution >= 0.6 is 23.2 Å². The average Bonchev–Trinajstić information content (AvgIpc) is 2.41. The second-order valence-corrected chi connectivity index (χ2v) is 4.53. The summed E-state index contributed by atoms with van der Waals surface area (Å²) in [7, 11) is 0. The molecule has 0 atom stereocenters. The van der Waals surface area contributed by atoms with E-state index in [1.165, 1.54) is 6.07 Å². The minimum Gasteiger partial charge on any atom is -0.397 e. The highest BCUT2D eigenvalue weighted by molar-refractivity contribution is 6.41. The van der Waals surface area contributed by atoms with Crippen LogP contribution in [0.3, 0.4) is 0 Å². The summed E-state index contributed by atoms with van der Waals surface area (Å²) in [6, 6.07) is 10.2. The Bertz CT molecular complexity index is 612. The minimum atomic E-state index is -0.239. The lowest BCUT2D eigenvalue weighted by Crippen LogP contribution is -2.07. The predicted octanol–water partition coefficient (Wildman–Crippen LogP) is 3.39. The lowest BCUT2D eigenvalue weighted by atomic mass is 10.0. The monoisotopic (exact) mass is 280 g/mol. The summed E-state index contributed by atoms with van der Waals surface area (Å²) in [4.78, 5) is 12.2. The number of nitrogen functional groups attached to an aromatic ring is 2. The van der Waals surface area contributed by atoms with E-state index >= 15 is 0 Å². The standard InChI is InChI=1S/C13H10Cl2N2O/c14-9-6-8(11(16)10(15)12(9)17)13(18)7-4-2-1-3-5-7/h1-6H,16-17H2. The molecule has 0 radical (unpaired) electrons. The van der Waals surface area contributed by atoms with Crippen LogP contribution in [-0.4, -0.2) is 5.78 Å². The Morgan fingerprint density at radius 1 is 1.00 bits per heavy atom. The van der Waals surface area contributed by atoms with E-state index in [-0.39, 0.29) is 32.8 Å². The second kappa shape index (κ2) is 4.88. The van der Waals surface area contributed by atoms with Crippen LogP contribution in [-0.2, 0) is 0 Å². The van der Waals surface area contributed by atoms with Gasteiger partial charge in [0.1, 0.15) is 0 Å². The van der Waals surface area contributed by atoms with Crippen molar-refractivity contribution in [2.75, 3.05) is 11.5 Å². The molecule has 0 saturated heterocycles. The van der Waals surface area contributed by atoms with Crippen LogP contribution in [0.2, 0.25) is 10.0 Å². The number of carbonyl (C=O) groups excluding carboxylic acids is 1. The fraction of sp³-hybridized carbons (Fsp3) is 0. The van der Waals surface area contributed by atoms with E-state index in [4.69, 9.17) is 34.7 Å². The molecular formula is C13H10Cl2N2O. The van der Waals surface area contributed by atoms with Crippen molar-refractivity contribution >= 4 is 40.4 Å². The number of nitrogens with two attached hydrogens (primary N) is 2. The number of anilines is 2. The van der Waals surface area contributed by atoms with Crippen LogP contribution in [0.25, 0.3) is 0 Å². The van der Waals surface area contributed by atoms with Gasteiger partial charge in [0.15, 0.2) is 5.78 Å². The molecule has 2 aromatic rings. The van der Waals surface area contributed by atoms with Crippen LogP contribution < -0.4 is 11.5 Å². The average molecular weight is 281 g/mol. The summed E-state index contributed by atoms with van der Waals surface area (Å²) in [5, 5.41) is 0.329. The highest BCUT2D eigenvalue weighted by Gasteiger charge is 2.18. The Kier molecular flexibility index (Phi) is 3.45. The molecule has 0 saturated carbocycles. The first kappa shape index (κ1) is 12.7. The molecule has 0 amide bonds. The van der Waals surface area contributed by atoms with Crippen LogP contribution in [0.15, 0.2) is 36.4 Å². The molecule has 0 aliphatic rings. The summed E-state index contributed by atoms with van der Waals surface area (Å²) >= 11 is 11.8. The molecule has 18 heavy (non-hydrogen) atoms. The van der Waals surface area contributed by atoms with Gasteiger partial charge in [0, 0.05) is 11.1 Å². The van der Waals surface area contributed by atoms with E-state index in [2.05, 4.69) is 0 Å². The van der Waals surface area contributed by atoms with Gasteiger partial charge >= 0.3 is 0 Å². The highest BCUT2D eigenvalue weighted by Crippen LogP contribution is 2.36. The molecule has 0 unspecified atom stereocenters. The van der Waals surface area contributed by atoms with Crippen molar-refractivity contribution in [2.24, 2.45) is 0 Å². The molecule has 0 heterocycles. The van der Waals surface area contributed by atoms with Crippen molar-refractivity contribution in [3.05, 3.63) is 57.6 Å². The van der Waals surface area contributed by atoms with E-state index < -0.39 is 0 Å². The lowest BCUT2D eigenvalue weighted by molar-refractivity contribution is 0.103. The first-order valence-corrected chi connectivity index (χ1v) is 5.90. The van der Waals surface area contributed by atoms with Gasteiger partial charge in [-0.05, 0) is 6.07 Å². The molecule has 0 aromatic heterocycles. The maximum absolute atomic E-state index is 12.2. The van der Waals surface area contributed by atoms with Gasteiger partial charge in [-0.1, -0.05) is 53.5 Å². The highest BCUT2D eigenvalue weighted by atomic mass is 35.5. The normalized spacial score (nSPS) is 10.3. The van der Waals surface area contributed by atoms with Gasteiger partial charge in [0.25, 0.3) is 0 Å². The molecule has 2 rings (SSSR count). The molecule has 2 aromatic carbocycles. The third-order valence-corrected chi connectivity index (χ3v) is 3.29. The fourth-order valence-corrected chi connectivity index (χ4v) is 2.04. The van der Waals surface area contributed by atoms with Crippen LogP contribution in [0.1, 0.15) is 15.9 Å². The number of rotatable bonds is 2.